The summed E-state index contributed by atoms with van der Waals surface area (Å²) in [5.41, 5.74) is 0.261. The Labute approximate surface area is 142 Å². The van der Waals surface area contributed by atoms with Crippen LogP contribution >= 0.6 is 0 Å². The number of carbonyl (C=O) groups excluding carboxylic acids is 1. The number of fused-ring (bicyclic) bond motifs is 1. The van der Waals surface area contributed by atoms with E-state index in [1.807, 2.05) is 56.6 Å². The van der Waals surface area contributed by atoms with Crippen molar-refractivity contribution in [1.29, 1.82) is 0 Å². The Morgan fingerprint density at radius 2 is 2.12 bits per heavy atom. The molecule has 1 aliphatic heterocycles. The van der Waals surface area contributed by atoms with Gasteiger partial charge < -0.3 is 10.1 Å². The number of likely N-dealkylation sites (tertiary alicyclic amines) is 1. The lowest BCUT2D eigenvalue weighted by molar-refractivity contribution is 0.00559. The molecular weight excluding hydrogens is 306 g/mol. The van der Waals surface area contributed by atoms with Crippen LogP contribution in [0.1, 0.15) is 45.5 Å². The van der Waals surface area contributed by atoms with Crippen molar-refractivity contribution in [3.05, 3.63) is 30.2 Å². The fourth-order valence-electron chi connectivity index (χ4n) is 3.10. The molecule has 1 N–H and O–H groups in total. The van der Waals surface area contributed by atoms with Gasteiger partial charge in [0.25, 0.3) is 0 Å². The number of aromatic nitrogens is 3. The molecule has 7 nitrogen and oxygen atoms in total. The summed E-state index contributed by atoms with van der Waals surface area (Å²) in [6.07, 6.45) is 3.31. The highest BCUT2D eigenvalue weighted by molar-refractivity contribution is 5.69. The molecular formula is C17H25N5O2. The Hall–Kier alpha value is -2.15. The summed E-state index contributed by atoms with van der Waals surface area (Å²) in [5, 5.41) is 11.9. The number of hydrogen-bond acceptors (Lipinski definition) is 5. The lowest BCUT2D eigenvalue weighted by Crippen LogP contribution is -2.48. The van der Waals surface area contributed by atoms with E-state index in [2.05, 4.69) is 15.5 Å². The molecule has 1 unspecified atom stereocenters. The number of amides is 1. The Balaban J connectivity index is 1.94. The highest BCUT2D eigenvalue weighted by atomic mass is 16.6. The largest absolute Gasteiger partial charge is 0.444 e. The number of nitrogens with one attached hydrogen (secondary N) is 1. The average molecular weight is 331 g/mol. The zero-order valence-electron chi connectivity index (χ0n) is 14.7. The maximum absolute atomic E-state index is 12.7. The summed E-state index contributed by atoms with van der Waals surface area (Å²) in [4.78, 5) is 14.5. The van der Waals surface area contributed by atoms with E-state index >= 15 is 0 Å². The van der Waals surface area contributed by atoms with Gasteiger partial charge in [-0.1, -0.05) is 6.07 Å². The van der Waals surface area contributed by atoms with Gasteiger partial charge in [0, 0.05) is 18.8 Å². The summed E-state index contributed by atoms with van der Waals surface area (Å²) in [5.74, 6) is 0.774. The summed E-state index contributed by atoms with van der Waals surface area (Å²) in [6, 6.07) is 5.95. The third kappa shape index (κ3) is 3.36. The Morgan fingerprint density at radius 3 is 2.83 bits per heavy atom. The molecule has 2 aromatic heterocycles. The molecule has 3 rings (SSSR count). The molecule has 2 atom stereocenters. The lowest BCUT2D eigenvalue weighted by atomic mass is 9.97. The molecule has 2 aromatic rings. The van der Waals surface area contributed by atoms with E-state index < -0.39 is 5.60 Å². The second-order valence-corrected chi connectivity index (χ2v) is 7.19. The number of hydrogen-bond donors (Lipinski definition) is 1. The molecule has 3 heterocycles. The van der Waals surface area contributed by atoms with Crippen LogP contribution in [0.5, 0.6) is 0 Å². The molecule has 24 heavy (non-hydrogen) atoms. The zero-order chi connectivity index (χ0) is 17.3. The van der Waals surface area contributed by atoms with Crippen LogP contribution in [0.2, 0.25) is 0 Å². The van der Waals surface area contributed by atoms with Crippen LogP contribution in [0.25, 0.3) is 5.65 Å². The highest BCUT2D eigenvalue weighted by Gasteiger charge is 2.37. The van der Waals surface area contributed by atoms with Crippen molar-refractivity contribution < 1.29 is 9.53 Å². The van der Waals surface area contributed by atoms with Gasteiger partial charge in [-0.3, -0.25) is 9.30 Å². The molecule has 1 aliphatic rings. The van der Waals surface area contributed by atoms with Crippen LogP contribution < -0.4 is 5.32 Å². The van der Waals surface area contributed by atoms with Gasteiger partial charge in [0.05, 0.1) is 6.04 Å². The third-order valence-electron chi connectivity index (χ3n) is 4.28. The van der Waals surface area contributed by atoms with E-state index in [9.17, 15) is 4.79 Å². The summed E-state index contributed by atoms with van der Waals surface area (Å²) in [6.45, 7) is 6.28. The highest BCUT2D eigenvalue weighted by Crippen LogP contribution is 2.31. The molecule has 7 heteroatoms. The minimum absolute atomic E-state index is 0.163. The maximum Gasteiger partial charge on any atom is 0.410 e. The predicted octanol–water partition coefficient (Wildman–Crippen LogP) is 2.39. The zero-order valence-corrected chi connectivity index (χ0v) is 14.7. The van der Waals surface area contributed by atoms with Gasteiger partial charge >= 0.3 is 6.09 Å². The van der Waals surface area contributed by atoms with Crippen molar-refractivity contribution in [2.75, 3.05) is 13.6 Å². The van der Waals surface area contributed by atoms with Gasteiger partial charge in [0.2, 0.25) is 0 Å². The summed E-state index contributed by atoms with van der Waals surface area (Å²) in [7, 11) is 1.95. The van der Waals surface area contributed by atoms with Crippen LogP contribution in [0.3, 0.4) is 0 Å². The van der Waals surface area contributed by atoms with Crippen molar-refractivity contribution in [2.45, 2.75) is 51.3 Å². The summed E-state index contributed by atoms with van der Waals surface area (Å²) < 4.78 is 7.54. The molecule has 0 saturated carbocycles. The smallest absolute Gasteiger partial charge is 0.410 e. The van der Waals surface area contributed by atoms with E-state index in [1.165, 1.54) is 0 Å². The maximum atomic E-state index is 12.7. The van der Waals surface area contributed by atoms with Crippen molar-refractivity contribution in [3.8, 4) is 0 Å². The number of carbonyl (C=O) groups is 1. The Kier molecular flexibility index (Phi) is 4.45. The quantitative estimate of drug-likeness (QED) is 0.915. The van der Waals surface area contributed by atoms with Gasteiger partial charge in [0.1, 0.15) is 5.60 Å². The fraction of sp³-hybridized carbons (Fsp3) is 0.588. The normalized spacial score (nSPS) is 21.9. The Morgan fingerprint density at radius 1 is 1.33 bits per heavy atom. The van der Waals surface area contributed by atoms with E-state index in [4.69, 9.17) is 4.74 Å². The molecule has 0 bridgehead atoms. The van der Waals surface area contributed by atoms with Crippen LogP contribution in [0, 0.1) is 0 Å². The first-order chi connectivity index (χ1) is 11.4. The minimum atomic E-state index is -0.519. The average Bonchev–Trinajstić information content (AvgIpc) is 2.96. The topological polar surface area (TPSA) is 71.8 Å². The first-order valence-electron chi connectivity index (χ1n) is 8.35. The second kappa shape index (κ2) is 6.39. The second-order valence-electron chi connectivity index (χ2n) is 7.19. The van der Waals surface area contributed by atoms with Gasteiger partial charge in [-0.05, 0) is 52.8 Å². The van der Waals surface area contributed by atoms with E-state index in [0.717, 1.165) is 24.3 Å². The number of piperidine rings is 1. The summed E-state index contributed by atoms with van der Waals surface area (Å²) >= 11 is 0. The van der Waals surface area contributed by atoms with Gasteiger partial charge in [-0.2, -0.15) is 0 Å². The van der Waals surface area contributed by atoms with Crippen molar-refractivity contribution in [3.63, 3.8) is 0 Å². The standard InChI is InChI=1S/C17H25N5O2/c1-17(2,3)24-16(23)21-10-8-12(18-4)11-13(21)15-20-19-14-7-5-6-9-22(14)15/h5-7,9,12-13,18H,8,10-11H2,1-4H3/t12?,13-/m0/s1. The Bertz CT molecular complexity index is 721. The predicted molar refractivity (Wildman–Crippen MR) is 90.7 cm³/mol. The van der Waals surface area contributed by atoms with Crippen molar-refractivity contribution >= 4 is 11.7 Å². The first-order valence-corrected chi connectivity index (χ1v) is 8.35. The monoisotopic (exact) mass is 331 g/mol. The van der Waals surface area contributed by atoms with E-state index in [1.54, 1.807) is 4.90 Å². The number of pyridine rings is 1. The van der Waals surface area contributed by atoms with Crippen LogP contribution in [0.4, 0.5) is 4.79 Å². The van der Waals surface area contributed by atoms with Gasteiger partial charge in [-0.25, -0.2) is 4.79 Å². The first kappa shape index (κ1) is 16.7. The molecule has 0 radical (unpaired) electrons. The molecule has 0 spiro atoms. The number of rotatable bonds is 2. The third-order valence-corrected chi connectivity index (χ3v) is 4.28. The molecule has 0 aromatic carbocycles. The molecule has 1 fully saturated rings. The lowest BCUT2D eigenvalue weighted by Gasteiger charge is -2.39. The van der Waals surface area contributed by atoms with Gasteiger partial charge in [0.15, 0.2) is 11.5 Å². The van der Waals surface area contributed by atoms with Crippen LogP contribution in [-0.4, -0.2) is 50.8 Å². The molecule has 0 aliphatic carbocycles. The SMILES string of the molecule is CNC1CCN(C(=O)OC(C)(C)C)[C@H](c2nnc3ccccn23)C1. The van der Waals surface area contributed by atoms with Crippen molar-refractivity contribution in [1.82, 2.24) is 24.8 Å². The van der Waals surface area contributed by atoms with E-state index in [-0.39, 0.29) is 12.1 Å². The molecule has 1 saturated heterocycles. The van der Waals surface area contributed by atoms with Crippen molar-refractivity contribution in [2.24, 2.45) is 0 Å². The number of ether oxygens (including phenoxy) is 1. The van der Waals surface area contributed by atoms with Crippen LogP contribution in [0.15, 0.2) is 24.4 Å². The number of nitrogens with zero attached hydrogens (tertiary/aromatic N) is 4. The fourth-order valence-corrected chi connectivity index (χ4v) is 3.10. The van der Waals surface area contributed by atoms with E-state index in [0.29, 0.717) is 12.6 Å². The van der Waals surface area contributed by atoms with Crippen LogP contribution in [-0.2, 0) is 4.74 Å². The molecule has 130 valence electrons. The van der Waals surface area contributed by atoms with Gasteiger partial charge in [-0.15, -0.1) is 10.2 Å². The molecule has 1 amide bonds. The minimum Gasteiger partial charge on any atom is -0.444 e.